The van der Waals surface area contributed by atoms with Crippen molar-refractivity contribution in [3.8, 4) is 11.5 Å². The van der Waals surface area contributed by atoms with Gasteiger partial charge in [-0.2, -0.15) is 0 Å². The van der Waals surface area contributed by atoms with Gasteiger partial charge in [-0.05, 0) is 50.3 Å². The van der Waals surface area contributed by atoms with E-state index in [9.17, 15) is 4.79 Å². The van der Waals surface area contributed by atoms with Crippen LogP contribution in [0.25, 0.3) is 0 Å². The summed E-state index contributed by atoms with van der Waals surface area (Å²) in [7, 11) is 0. The van der Waals surface area contributed by atoms with Crippen LogP contribution in [0.15, 0.2) is 18.2 Å². The molecule has 0 amide bonds. The molecule has 3 aliphatic rings. The Kier molecular flexibility index (Phi) is 4.67. The van der Waals surface area contributed by atoms with E-state index in [2.05, 4.69) is 21.2 Å². The van der Waals surface area contributed by atoms with Crippen LogP contribution in [-0.2, 0) is 11.2 Å². The summed E-state index contributed by atoms with van der Waals surface area (Å²) in [5.41, 5.74) is 1.03. The van der Waals surface area contributed by atoms with E-state index in [1.165, 1.54) is 12.8 Å². The van der Waals surface area contributed by atoms with Gasteiger partial charge in [-0.25, -0.2) is 0 Å². The molecule has 120 valence electrons. The molecule has 6 heteroatoms. The van der Waals surface area contributed by atoms with Gasteiger partial charge in [0, 0.05) is 17.6 Å². The number of hydrogen-bond acceptors (Lipinski definition) is 4. The predicted octanol–water partition coefficient (Wildman–Crippen LogP) is 3.00. The summed E-state index contributed by atoms with van der Waals surface area (Å²) in [5.74, 6) is 1.33. The number of alkyl halides is 1. The Morgan fingerprint density at radius 1 is 1.23 bits per heavy atom. The number of benzene rings is 1. The molecule has 3 atom stereocenters. The molecule has 1 aromatic carbocycles. The fraction of sp³-hybridized carbons (Fsp3) is 0.562. The molecule has 0 spiro atoms. The molecule has 4 rings (SSSR count). The summed E-state index contributed by atoms with van der Waals surface area (Å²) in [4.78, 5) is 11.3. The van der Waals surface area contributed by atoms with Crippen LogP contribution in [0.3, 0.4) is 0 Å². The molecule has 1 N–H and O–H groups in total. The fourth-order valence-electron chi connectivity index (χ4n) is 3.63. The summed E-state index contributed by atoms with van der Waals surface area (Å²) < 4.78 is 11.5. The molecule has 3 aliphatic heterocycles. The number of carbonyl (C=O) groups is 1. The van der Waals surface area contributed by atoms with Crippen LogP contribution in [0.4, 0.5) is 0 Å². The monoisotopic (exact) mass is 387 g/mol. The largest absolute Gasteiger partial charge is 0.490 e. The number of hydrogen-bond donors (Lipinski definition) is 1. The average Bonchev–Trinajstić information content (AvgIpc) is 2.80. The third-order valence-electron chi connectivity index (χ3n) is 4.63. The van der Waals surface area contributed by atoms with Crippen molar-refractivity contribution in [2.75, 3.05) is 0 Å². The molecule has 1 aromatic rings. The molecule has 4 nitrogen and oxygen atoms in total. The Hall–Kier alpha value is -0.780. The average molecular weight is 389 g/mol. The third-order valence-corrected chi connectivity index (χ3v) is 5.33. The minimum atomic E-state index is -0.255. The lowest BCUT2D eigenvalue weighted by molar-refractivity contribution is -0.134. The number of ether oxygens (including phenoxy) is 2. The number of fused-ring (bicyclic) bond motifs is 3. The van der Waals surface area contributed by atoms with E-state index in [-0.39, 0.29) is 23.2 Å². The highest BCUT2D eigenvalue weighted by Crippen LogP contribution is 2.34. The lowest BCUT2D eigenvalue weighted by atomic mass is 10.0. The Balaban J connectivity index is 0.00000144. The molecule has 2 bridgehead atoms. The van der Waals surface area contributed by atoms with Crippen LogP contribution in [0.1, 0.15) is 31.2 Å². The van der Waals surface area contributed by atoms with Crippen molar-refractivity contribution < 1.29 is 14.3 Å². The lowest BCUT2D eigenvalue weighted by Crippen LogP contribution is -2.42. The molecule has 2 fully saturated rings. The molecule has 0 aliphatic carbocycles. The highest BCUT2D eigenvalue weighted by atomic mass is 79.9. The van der Waals surface area contributed by atoms with Crippen LogP contribution in [-0.4, -0.2) is 29.0 Å². The standard InChI is InChI=1S/C16H18BrNO3.ClH/c17-14-6-9-5-12(3-4-15(9)21-16(14)19)20-13-7-10-1-2-11(8-13)18-10;/h3-5,10-11,13-14,18H,1-2,6-8H2;1H. The Morgan fingerprint density at radius 3 is 2.68 bits per heavy atom. The molecule has 0 radical (unpaired) electrons. The summed E-state index contributed by atoms with van der Waals surface area (Å²) in [6.07, 6.45) is 5.68. The molecule has 22 heavy (non-hydrogen) atoms. The van der Waals surface area contributed by atoms with Crippen molar-refractivity contribution >= 4 is 34.3 Å². The highest BCUT2D eigenvalue weighted by Gasteiger charge is 2.34. The first-order valence-electron chi connectivity index (χ1n) is 7.59. The zero-order valence-electron chi connectivity index (χ0n) is 12.1. The van der Waals surface area contributed by atoms with Gasteiger partial charge < -0.3 is 14.8 Å². The first-order chi connectivity index (χ1) is 10.2. The Morgan fingerprint density at radius 2 is 1.95 bits per heavy atom. The second-order valence-electron chi connectivity index (χ2n) is 6.21. The van der Waals surface area contributed by atoms with Crippen LogP contribution < -0.4 is 14.8 Å². The van der Waals surface area contributed by atoms with Crippen molar-refractivity contribution in [1.82, 2.24) is 5.32 Å². The van der Waals surface area contributed by atoms with Gasteiger partial charge in [-0.1, -0.05) is 15.9 Å². The Bertz CT molecular complexity index is 571. The quantitative estimate of drug-likeness (QED) is 0.481. The van der Waals surface area contributed by atoms with E-state index >= 15 is 0 Å². The SMILES string of the molecule is Cl.O=C1Oc2ccc(OC3CC4CCC(C3)N4)cc2CC1Br. The Labute approximate surface area is 144 Å². The smallest absolute Gasteiger partial charge is 0.325 e. The minimum Gasteiger partial charge on any atom is -0.490 e. The van der Waals surface area contributed by atoms with Gasteiger partial charge in [-0.3, -0.25) is 4.79 Å². The maximum absolute atomic E-state index is 11.5. The van der Waals surface area contributed by atoms with Crippen molar-refractivity contribution in [2.24, 2.45) is 0 Å². The second kappa shape index (κ2) is 6.38. The summed E-state index contributed by atoms with van der Waals surface area (Å²) >= 11 is 3.35. The number of rotatable bonds is 2. The van der Waals surface area contributed by atoms with E-state index in [1.54, 1.807) is 0 Å². The van der Waals surface area contributed by atoms with Gasteiger partial charge in [0.2, 0.25) is 0 Å². The second-order valence-corrected chi connectivity index (χ2v) is 7.32. The summed E-state index contributed by atoms with van der Waals surface area (Å²) in [6.45, 7) is 0. The predicted molar refractivity (Wildman–Crippen MR) is 89.3 cm³/mol. The van der Waals surface area contributed by atoms with E-state index in [0.29, 0.717) is 30.4 Å². The fourth-order valence-corrected chi connectivity index (χ4v) is 4.07. The van der Waals surface area contributed by atoms with Crippen LogP contribution in [0.2, 0.25) is 0 Å². The third kappa shape index (κ3) is 3.12. The first kappa shape index (κ1) is 16.1. The van der Waals surface area contributed by atoms with Gasteiger partial charge in [-0.15, -0.1) is 12.4 Å². The topological polar surface area (TPSA) is 47.6 Å². The van der Waals surface area contributed by atoms with Gasteiger partial charge in [0.25, 0.3) is 0 Å². The zero-order chi connectivity index (χ0) is 14.4. The highest BCUT2D eigenvalue weighted by molar-refractivity contribution is 9.10. The van der Waals surface area contributed by atoms with Crippen molar-refractivity contribution in [1.29, 1.82) is 0 Å². The number of halogens is 2. The summed E-state index contributed by atoms with van der Waals surface area (Å²) in [5, 5.41) is 3.62. The van der Waals surface area contributed by atoms with Gasteiger partial charge in [0.05, 0.1) is 0 Å². The van der Waals surface area contributed by atoms with E-state index in [1.807, 2.05) is 18.2 Å². The molecule has 0 aromatic heterocycles. The van der Waals surface area contributed by atoms with Crippen LogP contribution >= 0.6 is 28.3 Å². The first-order valence-corrected chi connectivity index (χ1v) is 8.50. The van der Waals surface area contributed by atoms with Crippen LogP contribution in [0, 0.1) is 0 Å². The normalized spacial score (nSPS) is 32.7. The molecule has 2 saturated heterocycles. The van der Waals surface area contributed by atoms with Gasteiger partial charge in [0.15, 0.2) is 0 Å². The van der Waals surface area contributed by atoms with Crippen molar-refractivity contribution in [2.45, 2.75) is 55.1 Å². The van der Waals surface area contributed by atoms with Crippen molar-refractivity contribution in [3.05, 3.63) is 23.8 Å². The van der Waals surface area contributed by atoms with Gasteiger partial charge in [0.1, 0.15) is 22.4 Å². The number of nitrogens with one attached hydrogen (secondary N) is 1. The van der Waals surface area contributed by atoms with E-state index < -0.39 is 0 Å². The number of carbonyl (C=O) groups excluding carboxylic acids is 1. The minimum absolute atomic E-state index is 0. The number of esters is 1. The maximum Gasteiger partial charge on any atom is 0.325 e. The van der Waals surface area contributed by atoms with Crippen molar-refractivity contribution in [3.63, 3.8) is 0 Å². The lowest BCUT2D eigenvalue weighted by Gasteiger charge is -2.30. The maximum atomic E-state index is 11.5. The molecule has 3 unspecified atom stereocenters. The molecular formula is C16H19BrClNO3. The molecular weight excluding hydrogens is 370 g/mol. The molecule has 3 heterocycles. The summed E-state index contributed by atoms with van der Waals surface area (Å²) in [6, 6.07) is 7.01. The molecule has 0 saturated carbocycles. The van der Waals surface area contributed by atoms with E-state index in [0.717, 1.165) is 24.2 Å². The van der Waals surface area contributed by atoms with Gasteiger partial charge >= 0.3 is 5.97 Å². The zero-order valence-corrected chi connectivity index (χ0v) is 14.5. The van der Waals surface area contributed by atoms with E-state index in [4.69, 9.17) is 9.47 Å². The number of piperidine rings is 1. The van der Waals surface area contributed by atoms with Crippen LogP contribution in [0.5, 0.6) is 11.5 Å².